The van der Waals surface area contributed by atoms with E-state index in [1.165, 1.54) is 32.1 Å². The summed E-state index contributed by atoms with van der Waals surface area (Å²) in [6, 6.07) is 0. The Morgan fingerprint density at radius 3 is 2.24 bits per heavy atom. The van der Waals surface area contributed by atoms with Crippen molar-refractivity contribution < 1.29 is 14.6 Å². The van der Waals surface area contributed by atoms with Gasteiger partial charge in [0.15, 0.2) is 0 Å². The molecular formula is C30H48O3. The van der Waals surface area contributed by atoms with Crippen LogP contribution in [0.3, 0.4) is 0 Å². The summed E-state index contributed by atoms with van der Waals surface area (Å²) in [7, 11) is 0. The third kappa shape index (κ3) is 2.45. The van der Waals surface area contributed by atoms with E-state index in [9.17, 15) is 9.90 Å². The number of esters is 1. The lowest BCUT2D eigenvalue weighted by atomic mass is 9.30. The third-order valence-corrected chi connectivity index (χ3v) is 14.0. The number of fused-ring (bicyclic) bond motifs is 4. The van der Waals surface area contributed by atoms with E-state index in [0.717, 1.165) is 32.1 Å². The largest absolute Gasteiger partial charge is 0.461 e. The average molecular weight is 457 g/mol. The van der Waals surface area contributed by atoms with Gasteiger partial charge < -0.3 is 9.84 Å². The number of hydrogen-bond acceptors (Lipinski definition) is 3. The summed E-state index contributed by atoms with van der Waals surface area (Å²) in [6.07, 6.45) is 11.3. The first-order chi connectivity index (χ1) is 15.2. The Morgan fingerprint density at radius 1 is 0.788 bits per heavy atom. The summed E-state index contributed by atoms with van der Waals surface area (Å²) >= 11 is 0. The molecule has 1 heterocycles. The Balaban J connectivity index is 1.47. The minimum Gasteiger partial charge on any atom is -0.461 e. The van der Waals surface area contributed by atoms with E-state index in [1.807, 2.05) is 0 Å². The normalized spacial score (nSPS) is 61.3. The quantitative estimate of drug-likeness (QED) is 0.409. The lowest BCUT2D eigenvalue weighted by Crippen LogP contribution is -2.70. The van der Waals surface area contributed by atoms with Crippen molar-refractivity contribution in [2.45, 2.75) is 125 Å². The van der Waals surface area contributed by atoms with Gasteiger partial charge in [-0.3, -0.25) is 4.79 Å². The van der Waals surface area contributed by atoms with Crippen LogP contribution in [0.2, 0.25) is 0 Å². The summed E-state index contributed by atoms with van der Waals surface area (Å²) in [5, 5.41) is 10.8. The molecule has 0 aromatic rings. The molecule has 6 rings (SSSR count). The van der Waals surface area contributed by atoms with E-state index in [1.54, 1.807) is 0 Å². The van der Waals surface area contributed by atoms with Crippen LogP contribution in [-0.4, -0.2) is 23.3 Å². The Hall–Kier alpha value is -0.570. The molecule has 1 aliphatic heterocycles. The predicted molar refractivity (Wildman–Crippen MR) is 130 cm³/mol. The molecule has 11 atom stereocenters. The summed E-state index contributed by atoms with van der Waals surface area (Å²) in [5.74, 6) is 2.17. The number of aliphatic hydroxyl groups excluding tert-OH is 1. The first kappa shape index (κ1) is 22.9. The molecule has 0 amide bonds. The molecule has 1 N–H and O–H groups in total. The van der Waals surface area contributed by atoms with Gasteiger partial charge in [0.25, 0.3) is 0 Å². The fourth-order valence-corrected chi connectivity index (χ4v) is 11.8. The Labute approximate surface area is 201 Å². The van der Waals surface area contributed by atoms with Crippen molar-refractivity contribution in [3.8, 4) is 0 Å². The predicted octanol–water partition coefficient (Wildman–Crippen LogP) is 6.76. The molecule has 11 unspecified atom stereocenters. The highest BCUT2D eigenvalue weighted by Gasteiger charge is 2.81. The van der Waals surface area contributed by atoms with Gasteiger partial charge in [0.1, 0.15) is 6.10 Å². The van der Waals surface area contributed by atoms with E-state index in [2.05, 4.69) is 48.5 Å². The molecule has 33 heavy (non-hydrogen) atoms. The second-order valence-electron chi connectivity index (χ2n) is 15.5. The van der Waals surface area contributed by atoms with Crippen LogP contribution >= 0.6 is 0 Å². The van der Waals surface area contributed by atoms with Crippen LogP contribution in [0.1, 0.15) is 113 Å². The first-order valence-corrected chi connectivity index (χ1v) is 14.1. The number of rotatable bonds is 0. The molecule has 0 spiro atoms. The van der Waals surface area contributed by atoms with Crippen molar-refractivity contribution in [3.05, 3.63) is 0 Å². The molecule has 3 nitrogen and oxygen atoms in total. The molecule has 6 fully saturated rings. The molecule has 0 radical (unpaired) electrons. The molecule has 3 heteroatoms. The molecule has 5 aliphatic carbocycles. The monoisotopic (exact) mass is 456 g/mol. The Bertz CT molecular complexity index is 880. The maximum atomic E-state index is 14.0. The third-order valence-electron chi connectivity index (χ3n) is 14.0. The van der Waals surface area contributed by atoms with Gasteiger partial charge in [0.2, 0.25) is 0 Å². The zero-order chi connectivity index (χ0) is 23.8. The number of carbonyl (C=O) groups is 1. The minimum absolute atomic E-state index is 0.0463. The summed E-state index contributed by atoms with van der Waals surface area (Å²) in [5.41, 5.74) is 0.672. The average Bonchev–Trinajstić information content (AvgIpc) is 2.88. The van der Waals surface area contributed by atoms with Gasteiger partial charge in [-0.2, -0.15) is 0 Å². The van der Waals surface area contributed by atoms with Crippen LogP contribution in [0.15, 0.2) is 0 Å². The fourth-order valence-electron chi connectivity index (χ4n) is 11.8. The second kappa shape index (κ2) is 6.40. The maximum absolute atomic E-state index is 14.0. The zero-order valence-corrected chi connectivity index (χ0v) is 22.3. The van der Waals surface area contributed by atoms with Gasteiger partial charge in [-0.05, 0) is 110 Å². The van der Waals surface area contributed by atoms with E-state index in [-0.39, 0.29) is 45.3 Å². The van der Waals surface area contributed by atoms with Crippen molar-refractivity contribution in [1.29, 1.82) is 0 Å². The smallest absolute Gasteiger partial charge is 0.313 e. The lowest BCUT2D eigenvalue weighted by Gasteiger charge is -2.72. The van der Waals surface area contributed by atoms with E-state index >= 15 is 0 Å². The van der Waals surface area contributed by atoms with Crippen molar-refractivity contribution in [3.63, 3.8) is 0 Å². The summed E-state index contributed by atoms with van der Waals surface area (Å²) in [4.78, 5) is 14.0. The van der Waals surface area contributed by atoms with Crippen LogP contribution in [0.5, 0.6) is 0 Å². The highest BCUT2D eigenvalue weighted by molar-refractivity contribution is 5.82. The highest BCUT2D eigenvalue weighted by atomic mass is 16.6. The summed E-state index contributed by atoms with van der Waals surface area (Å²) in [6.45, 7) is 17.2. The molecule has 0 aromatic heterocycles. The second-order valence-corrected chi connectivity index (χ2v) is 15.5. The zero-order valence-electron chi connectivity index (χ0n) is 22.3. The molecular weight excluding hydrogens is 408 g/mol. The molecule has 186 valence electrons. The van der Waals surface area contributed by atoms with E-state index in [4.69, 9.17) is 4.74 Å². The topological polar surface area (TPSA) is 46.5 Å². The van der Waals surface area contributed by atoms with Gasteiger partial charge >= 0.3 is 5.97 Å². The van der Waals surface area contributed by atoms with Gasteiger partial charge in [-0.15, -0.1) is 0 Å². The Kier molecular flexibility index (Phi) is 4.44. The highest BCUT2D eigenvalue weighted by Crippen LogP contribution is 2.81. The maximum Gasteiger partial charge on any atom is 0.313 e. The van der Waals surface area contributed by atoms with Gasteiger partial charge in [0, 0.05) is 5.41 Å². The van der Waals surface area contributed by atoms with Crippen molar-refractivity contribution in [2.24, 2.45) is 56.2 Å². The fraction of sp³-hybridized carbons (Fsp3) is 0.967. The van der Waals surface area contributed by atoms with E-state index < -0.39 is 0 Å². The number of carbonyl (C=O) groups excluding carboxylic acids is 1. The molecule has 5 saturated carbocycles. The minimum atomic E-state index is -0.292. The van der Waals surface area contributed by atoms with Crippen LogP contribution < -0.4 is 0 Å². The summed E-state index contributed by atoms with van der Waals surface area (Å²) < 4.78 is 6.47. The first-order valence-electron chi connectivity index (χ1n) is 14.1. The molecule has 6 aliphatic rings. The van der Waals surface area contributed by atoms with Crippen molar-refractivity contribution in [2.75, 3.05) is 0 Å². The van der Waals surface area contributed by atoms with Crippen LogP contribution in [0, 0.1) is 56.2 Å². The van der Waals surface area contributed by atoms with Gasteiger partial charge in [-0.1, -0.05) is 48.5 Å². The number of aliphatic hydroxyl groups is 1. The Morgan fingerprint density at radius 2 is 1.52 bits per heavy atom. The van der Waals surface area contributed by atoms with Crippen LogP contribution in [0.4, 0.5) is 0 Å². The van der Waals surface area contributed by atoms with Crippen molar-refractivity contribution in [1.82, 2.24) is 0 Å². The number of ether oxygens (including phenoxy) is 1. The van der Waals surface area contributed by atoms with E-state index in [0.29, 0.717) is 29.1 Å². The molecule has 2 bridgehead atoms. The molecule has 0 aromatic carbocycles. The SMILES string of the molecule is CC1C(O)CCC2C1(C)CCC1C2(C)CCC23C(=O)OC(CC4(C)CCC(C)(C)CC42)C13C. The standard InChI is InChI=1S/C30H48O3/c1-18-19(31)8-9-20-27(18,5)11-10-21-28(20,6)14-15-30-22-16-25(2,3)12-13-26(22,4)17-23(29(21,30)7)33-24(30)32/h18-23,31H,8-17H2,1-7H3. The molecule has 1 saturated heterocycles. The number of hydrogen-bond donors (Lipinski definition) is 1. The van der Waals surface area contributed by atoms with Gasteiger partial charge in [-0.25, -0.2) is 0 Å². The van der Waals surface area contributed by atoms with Crippen LogP contribution in [0.25, 0.3) is 0 Å². The van der Waals surface area contributed by atoms with Gasteiger partial charge in [0.05, 0.1) is 11.5 Å². The van der Waals surface area contributed by atoms with Crippen molar-refractivity contribution >= 4 is 5.97 Å². The van der Waals surface area contributed by atoms with Crippen LogP contribution in [-0.2, 0) is 9.53 Å². The lowest BCUT2D eigenvalue weighted by molar-refractivity contribution is -0.256.